The van der Waals surface area contributed by atoms with Gasteiger partial charge in [0, 0.05) is 17.6 Å². The molecule has 2 N–H and O–H groups in total. The van der Waals surface area contributed by atoms with E-state index in [9.17, 15) is 0 Å². The molecule has 0 aliphatic heterocycles. The summed E-state index contributed by atoms with van der Waals surface area (Å²) in [5.74, 6) is 0.847. The smallest absolute Gasteiger partial charge is 0.0702 e. The van der Waals surface area contributed by atoms with E-state index in [0.29, 0.717) is 0 Å². The second-order valence-corrected chi connectivity index (χ2v) is 4.09. The first-order chi connectivity index (χ1) is 6.83. The number of nitrogen functional groups attached to an aromatic ring is 1. The van der Waals surface area contributed by atoms with E-state index in [0.717, 1.165) is 23.7 Å². The lowest BCUT2D eigenvalue weighted by molar-refractivity contribution is 0.580. The van der Waals surface area contributed by atoms with Crippen molar-refractivity contribution in [1.29, 1.82) is 0 Å². The third-order valence-corrected chi connectivity index (χ3v) is 2.80. The number of nitrogens with two attached hydrogens (primary N) is 1. The number of hydrogen-bond acceptors (Lipinski definition) is 2. The summed E-state index contributed by atoms with van der Waals surface area (Å²) in [6.07, 6.45) is 4.62. The summed E-state index contributed by atoms with van der Waals surface area (Å²) in [5, 5.41) is 5.56. The van der Waals surface area contributed by atoms with Crippen LogP contribution in [0.1, 0.15) is 12.8 Å². The van der Waals surface area contributed by atoms with Gasteiger partial charge in [0.1, 0.15) is 0 Å². The number of anilines is 1. The molecule has 0 saturated heterocycles. The van der Waals surface area contributed by atoms with Gasteiger partial charge in [-0.15, -0.1) is 0 Å². The Balaban J connectivity index is 2.08. The zero-order chi connectivity index (χ0) is 9.54. The highest BCUT2D eigenvalue weighted by atomic mass is 15.3. The lowest BCUT2D eigenvalue weighted by Crippen LogP contribution is -2.01. The Bertz CT molecular complexity index is 468. The first kappa shape index (κ1) is 7.85. The monoisotopic (exact) mass is 187 g/mol. The van der Waals surface area contributed by atoms with Gasteiger partial charge in [-0.25, -0.2) is 0 Å². The van der Waals surface area contributed by atoms with Crippen LogP contribution in [0, 0.1) is 5.92 Å². The first-order valence-electron chi connectivity index (χ1n) is 5.04. The van der Waals surface area contributed by atoms with Gasteiger partial charge in [0.15, 0.2) is 0 Å². The number of rotatable bonds is 2. The van der Waals surface area contributed by atoms with Crippen LogP contribution in [0.15, 0.2) is 24.4 Å². The van der Waals surface area contributed by atoms with Crippen molar-refractivity contribution < 1.29 is 0 Å². The minimum absolute atomic E-state index is 0.815. The summed E-state index contributed by atoms with van der Waals surface area (Å²) in [5.41, 5.74) is 7.74. The molecule has 1 heterocycles. The summed E-state index contributed by atoms with van der Waals surface area (Å²) >= 11 is 0. The molecule has 1 aliphatic rings. The highest BCUT2D eigenvalue weighted by Gasteiger charge is 2.22. The normalized spacial score (nSPS) is 16.3. The van der Waals surface area contributed by atoms with E-state index < -0.39 is 0 Å². The zero-order valence-corrected chi connectivity index (χ0v) is 7.98. The second kappa shape index (κ2) is 2.74. The molecule has 0 radical (unpaired) electrons. The largest absolute Gasteiger partial charge is 0.399 e. The lowest BCUT2D eigenvalue weighted by atomic mass is 10.2. The molecule has 1 saturated carbocycles. The van der Waals surface area contributed by atoms with Crippen molar-refractivity contribution in [2.24, 2.45) is 5.92 Å². The lowest BCUT2D eigenvalue weighted by Gasteiger charge is -2.01. The van der Waals surface area contributed by atoms with Gasteiger partial charge < -0.3 is 5.73 Å². The average Bonchev–Trinajstić information content (AvgIpc) is 2.90. The molecule has 0 atom stereocenters. The summed E-state index contributed by atoms with van der Waals surface area (Å²) < 4.78 is 2.07. The molecule has 3 nitrogen and oxygen atoms in total. The van der Waals surface area contributed by atoms with Crippen LogP contribution in [0.25, 0.3) is 10.9 Å². The van der Waals surface area contributed by atoms with Gasteiger partial charge in [0.05, 0.1) is 11.7 Å². The van der Waals surface area contributed by atoms with Crippen molar-refractivity contribution in [3.8, 4) is 0 Å². The molecule has 0 bridgehead atoms. The maximum Gasteiger partial charge on any atom is 0.0702 e. The Labute approximate surface area is 82.5 Å². The van der Waals surface area contributed by atoms with E-state index in [-0.39, 0.29) is 0 Å². The SMILES string of the molecule is Nc1ccc2cnn(CC3CC3)c2c1. The van der Waals surface area contributed by atoms with E-state index >= 15 is 0 Å². The maximum absolute atomic E-state index is 5.76. The molecule has 72 valence electrons. The Kier molecular flexibility index (Phi) is 1.54. The van der Waals surface area contributed by atoms with Crippen LogP contribution in [0.2, 0.25) is 0 Å². The Morgan fingerprint density at radius 2 is 2.29 bits per heavy atom. The quantitative estimate of drug-likeness (QED) is 0.731. The van der Waals surface area contributed by atoms with E-state index in [2.05, 4.69) is 9.78 Å². The van der Waals surface area contributed by atoms with Crippen LogP contribution in [0.4, 0.5) is 5.69 Å². The molecule has 3 heteroatoms. The number of nitrogens with zero attached hydrogens (tertiary/aromatic N) is 2. The molecular formula is C11H13N3. The minimum atomic E-state index is 0.815. The summed E-state index contributed by atoms with van der Waals surface area (Å²) in [7, 11) is 0. The van der Waals surface area contributed by atoms with Crippen LogP contribution >= 0.6 is 0 Å². The summed E-state index contributed by atoms with van der Waals surface area (Å²) in [6, 6.07) is 5.96. The van der Waals surface area contributed by atoms with E-state index in [1.54, 1.807) is 0 Å². The van der Waals surface area contributed by atoms with Gasteiger partial charge >= 0.3 is 0 Å². The van der Waals surface area contributed by atoms with Crippen LogP contribution in [0.3, 0.4) is 0 Å². The molecule has 0 spiro atoms. The molecule has 1 aromatic carbocycles. The molecule has 1 aromatic heterocycles. The van der Waals surface area contributed by atoms with Crippen molar-refractivity contribution in [3.05, 3.63) is 24.4 Å². The topological polar surface area (TPSA) is 43.8 Å². The van der Waals surface area contributed by atoms with Crippen molar-refractivity contribution in [2.45, 2.75) is 19.4 Å². The van der Waals surface area contributed by atoms with Crippen molar-refractivity contribution in [1.82, 2.24) is 9.78 Å². The van der Waals surface area contributed by atoms with Gasteiger partial charge in [0.2, 0.25) is 0 Å². The summed E-state index contributed by atoms with van der Waals surface area (Å²) in [4.78, 5) is 0. The molecule has 0 unspecified atom stereocenters. The van der Waals surface area contributed by atoms with E-state index in [4.69, 9.17) is 5.73 Å². The van der Waals surface area contributed by atoms with Gasteiger partial charge in [-0.2, -0.15) is 5.10 Å². The number of benzene rings is 1. The number of hydrogen-bond donors (Lipinski definition) is 1. The molecular weight excluding hydrogens is 174 g/mol. The predicted octanol–water partition coefficient (Wildman–Crippen LogP) is 2.03. The molecule has 1 fully saturated rings. The minimum Gasteiger partial charge on any atom is -0.399 e. The van der Waals surface area contributed by atoms with Crippen molar-refractivity contribution >= 4 is 16.6 Å². The van der Waals surface area contributed by atoms with Crippen molar-refractivity contribution in [3.63, 3.8) is 0 Å². The molecule has 0 amide bonds. The highest BCUT2D eigenvalue weighted by molar-refractivity contribution is 5.81. The Morgan fingerprint density at radius 1 is 1.43 bits per heavy atom. The fourth-order valence-electron chi connectivity index (χ4n) is 1.78. The van der Waals surface area contributed by atoms with Crippen LogP contribution < -0.4 is 5.73 Å². The second-order valence-electron chi connectivity index (χ2n) is 4.09. The van der Waals surface area contributed by atoms with Gasteiger partial charge in [-0.05, 0) is 37.0 Å². The highest BCUT2D eigenvalue weighted by Crippen LogP contribution is 2.31. The van der Waals surface area contributed by atoms with Gasteiger partial charge in [-0.3, -0.25) is 4.68 Å². The molecule has 3 rings (SSSR count). The Hall–Kier alpha value is -1.51. The van der Waals surface area contributed by atoms with E-state index in [1.807, 2.05) is 24.4 Å². The van der Waals surface area contributed by atoms with Gasteiger partial charge in [0.25, 0.3) is 0 Å². The third-order valence-electron chi connectivity index (χ3n) is 2.80. The van der Waals surface area contributed by atoms with Crippen LogP contribution in [0.5, 0.6) is 0 Å². The third kappa shape index (κ3) is 1.25. The molecule has 1 aliphatic carbocycles. The standard InChI is InChI=1S/C11H13N3/c12-10-4-3-9-6-13-14(11(9)5-10)7-8-1-2-8/h3-6,8H,1-2,7,12H2. The number of fused-ring (bicyclic) bond motifs is 1. The zero-order valence-electron chi connectivity index (χ0n) is 7.98. The average molecular weight is 187 g/mol. The molecule has 2 aromatic rings. The predicted molar refractivity (Wildman–Crippen MR) is 56.9 cm³/mol. The van der Waals surface area contributed by atoms with Crippen molar-refractivity contribution in [2.75, 3.05) is 5.73 Å². The number of aromatic nitrogens is 2. The fourth-order valence-corrected chi connectivity index (χ4v) is 1.78. The van der Waals surface area contributed by atoms with Crippen LogP contribution in [-0.2, 0) is 6.54 Å². The summed E-state index contributed by atoms with van der Waals surface area (Å²) in [6.45, 7) is 1.05. The fraction of sp³-hybridized carbons (Fsp3) is 0.364. The first-order valence-corrected chi connectivity index (χ1v) is 5.04. The van der Waals surface area contributed by atoms with E-state index in [1.165, 1.54) is 18.2 Å². The molecule has 14 heavy (non-hydrogen) atoms. The van der Waals surface area contributed by atoms with Crippen LogP contribution in [-0.4, -0.2) is 9.78 Å². The Morgan fingerprint density at radius 3 is 3.07 bits per heavy atom. The van der Waals surface area contributed by atoms with Gasteiger partial charge in [-0.1, -0.05) is 0 Å². The maximum atomic E-state index is 5.76.